The van der Waals surface area contributed by atoms with Crippen LogP contribution in [-0.2, 0) is 16.1 Å². The number of ether oxygens (including phenoxy) is 1. The van der Waals surface area contributed by atoms with Crippen molar-refractivity contribution in [3.05, 3.63) is 35.4 Å². The summed E-state index contributed by atoms with van der Waals surface area (Å²) in [5.41, 5.74) is 6.30. The van der Waals surface area contributed by atoms with E-state index >= 15 is 0 Å². The molecule has 0 radical (unpaired) electrons. The van der Waals surface area contributed by atoms with Crippen LogP contribution in [0.1, 0.15) is 41.6 Å². The molecule has 1 fully saturated rings. The van der Waals surface area contributed by atoms with E-state index in [0.717, 1.165) is 38.0 Å². The second kappa shape index (κ2) is 7.57. The van der Waals surface area contributed by atoms with Gasteiger partial charge in [0.1, 0.15) is 0 Å². The van der Waals surface area contributed by atoms with Crippen LogP contribution in [0.2, 0.25) is 0 Å². The number of piperidine rings is 1. The molecule has 2 rings (SSSR count). The fraction of sp³-hybridized carbons (Fsp3) is 0.529. The lowest BCUT2D eigenvalue weighted by Gasteiger charge is -2.42. The standard InChI is InChI=1S/C17H24N2O4/c1-23-17(9-7-15(18)20)8-2-10-19(12-17)11-13-3-5-14(6-4-13)16(21)22/h3-6H,2,7-12H2,1H3,(H2,18,20)(H,21,22)/t17-/m0/s1. The molecule has 126 valence electrons. The van der Waals surface area contributed by atoms with Crippen LogP contribution in [0.15, 0.2) is 24.3 Å². The fourth-order valence-corrected chi connectivity index (χ4v) is 3.16. The first-order chi connectivity index (χ1) is 10.9. The summed E-state index contributed by atoms with van der Waals surface area (Å²) in [5.74, 6) is -1.22. The zero-order valence-corrected chi connectivity index (χ0v) is 13.5. The lowest BCUT2D eigenvalue weighted by molar-refractivity contribution is -0.121. The van der Waals surface area contributed by atoms with Gasteiger partial charge in [-0.3, -0.25) is 9.69 Å². The van der Waals surface area contributed by atoms with Crippen molar-refractivity contribution in [3.63, 3.8) is 0 Å². The van der Waals surface area contributed by atoms with Crippen LogP contribution < -0.4 is 5.73 Å². The van der Waals surface area contributed by atoms with E-state index in [1.165, 1.54) is 0 Å². The molecule has 1 aliphatic heterocycles. The van der Waals surface area contributed by atoms with E-state index in [0.29, 0.717) is 18.4 Å². The van der Waals surface area contributed by atoms with E-state index in [1.54, 1.807) is 19.2 Å². The number of hydrogen-bond acceptors (Lipinski definition) is 4. The van der Waals surface area contributed by atoms with Crippen molar-refractivity contribution in [2.45, 2.75) is 37.8 Å². The van der Waals surface area contributed by atoms with Gasteiger partial charge in [-0.05, 0) is 43.5 Å². The number of carboxylic acid groups (broad SMARTS) is 1. The molecule has 0 saturated carbocycles. The van der Waals surface area contributed by atoms with Crippen LogP contribution >= 0.6 is 0 Å². The first-order valence-electron chi connectivity index (χ1n) is 7.82. The summed E-state index contributed by atoms with van der Waals surface area (Å²) >= 11 is 0. The first kappa shape index (κ1) is 17.4. The molecule has 1 aromatic rings. The average molecular weight is 320 g/mol. The smallest absolute Gasteiger partial charge is 0.335 e. The van der Waals surface area contributed by atoms with Gasteiger partial charge in [-0.1, -0.05) is 12.1 Å². The van der Waals surface area contributed by atoms with E-state index in [-0.39, 0.29) is 11.5 Å². The summed E-state index contributed by atoms with van der Waals surface area (Å²) in [6.07, 6.45) is 2.88. The Morgan fingerprint density at radius 3 is 2.61 bits per heavy atom. The minimum absolute atomic E-state index is 0.292. The molecule has 1 saturated heterocycles. The second-order valence-electron chi connectivity index (χ2n) is 6.17. The molecule has 6 heteroatoms. The number of nitrogens with two attached hydrogens (primary N) is 1. The molecule has 1 aliphatic rings. The van der Waals surface area contributed by atoms with Crippen LogP contribution in [-0.4, -0.2) is 47.7 Å². The highest BCUT2D eigenvalue weighted by molar-refractivity contribution is 5.87. The van der Waals surface area contributed by atoms with Crippen molar-refractivity contribution < 1.29 is 19.4 Å². The third kappa shape index (κ3) is 4.77. The normalized spacial score (nSPS) is 22.0. The van der Waals surface area contributed by atoms with Gasteiger partial charge in [-0.15, -0.1) is 0 Å². The minimum Gasteiger partial charge on any atom is -0.478 e. The van der Waals surface area contributed by atoms with Crippen molar-refractivity contribution in [1.29, 1.82) is 0 Å². The van der Waals surface area contributed by atoms with Crippen LogP contribution in [0.3, 0.4) is 0 Å². The Bertz CT molecular complexity index is 558. The van der Waals surface area contributed by atoms with E-state index < -0.39 is 5.97 Å². The van der Waals surface area contributed by atoms with Crippen LogP contribution in [0.25, 0.3) is 0 Å². The number of amides is 1. The quantitative estimate of drug-likeness (QED) is 0.796. The van der Waals surface area contributed by atoms with Crippen molar-refractivity contribution in [2.24, 2.45) is 5.73 Å². The Morgan fingerprint density at radius 1 is 1.35 bits per heavy atom. The SMILES string of the molecule is CO[C@]1(CCC(N)=O)CCCN(Cc2ccc(C(=O)O)cc2)C1. The lowest BCUT2D eigenvalue weighted by atomic mass is 9.87. The highest BCUT2D eigenvalue weighted by atomic mass is 16.5. The molecule has 1 heterocycles. The predicted octanol–water partition coefficient (Wildman–Crippen LogP) is 1.63. The molecule has 0 aromatic heterocycles. The number of hydrogen-bond donors (Lipinski definition) is 2. The molecular formula is C17H24N2O4. The molecule has 6 nitrogen and oxygen atoms in total. The minimum atomic E-state index is -0.917. The molecule has 0 unspecified atom stereocenters. The summed E-state index contributed by atoms with van der Waals surface area (Å²) in [5, 5.41) is 8.94. The van der Waals surface area contributed by atoms with Crippen molar-refractivity contribution in [1.82, 2.24) is 4.90 Å². The number of carbonyl (C=O) groups excluding carboxylic acids is 1. The highest BCUT2D eigenvalue weighted by Crippen LogP contribution is 2.30. The number of carbonyl (C=O) groups is 2. The van der Waals surface area contributed by atoms with Crippen molar-refractivity contribution >= 4 is 11.9 Å². The number of likely N-dealkylation sites (tertiary alicyclic amines) is 1. The number of aromatic carboxylic acids is 1. The van der Waals surface area contributed by atoms with Crippen LogP contribution in [0, 0.1) is 0 Å². The Hall–Kier alpha value is -1.92. The second-order valence-corrected chi connectivity index (χ2v) is 6.17. The molecular weight excluding hydrogens is 296 g/mol. The largest absolute Gasteiger partial charge is 0.478 e. The van der Waals surface area contributed by atoms with Gasteiger partial charge in [-0.25, -0.2) is 4.79 Å². The topological polar surface area (TPSA) is 92.9 Å². The highest BCUT2D eigenvalue weighted by Gasteiger charge is 2.35. The Kier molecular flexibility index (Phi) is 5.74. The average Bonchev–Trinajstić information content (AvgIpc) is 2.54. The molecule has 1 amide bonds. The van der Waals surface area contributed by atoms with E-state index in [9.17, 15) is 9.59 Å². The van der Waals surface area contributed by atoms with Crippen molar-refractivity contribution in [3.8, 4) is 0 Å². The van der Waals surface area contributed by atoms with Gasteiger partial charge >= 0.3 is 5.97 Å². The number of methoxy groups -OCH3 is 1. The van der Waals surface area contributed by atoms with Gasteiger partial charge < -0.3 is 15.6 Å². The van der Waals surface area contributed by atoms with Crippen LogP contribution in [0.4, 0.5) is 0 Å². The van der Waals surface area contributed by atoms with Gasteiger partial charge in [0.2, 0.25) is 5.91 Å². The van der Waals surface area contributed by atoms with Gasteiger partial charge in [-0.2, -0.15) is 0 Å². The fourth-order valence-electron chi connectivity index (χ4n) is 3.16. The van der Waals surface area contributed by atoms with Gasteiger partial charge in [0.15, 0.2) is 0 Å². The maximum Gasteiger partial charge on any atom is 0.335 e. The Balaban J connectivity index is 1.99. The summed E-state index contributed by atoms with van der Waals surface area (Å²) in [7, 11) is 1.69. The molecule has 1 atom stereocenters. The zero-order valence-electron chi connectivity index (χ0n) is 13.5. The van der Waals surface area contributed by atoms with E-state index in [2.05, 4.69) is 4.90 Å². The van der Waals surface area contributed by atoms with Gasteiger partial charge in [0.05, 0.1) is 11.2 Å². The maximum atomic E-state index is 11.1. The summed E-state index contributed by atoms with van der Waals surface area (Å²) in [6, 6.07) is 6.93. The molecule has 1 aromatic carbocycles. The third-order valence-electron chi connectivity index (χ3n) is 4.49. The lowest BCUT2D eigenvalue weighted by Crippen LogP contribution is -2.49. The molecule has 0 spiro atoms. The van der Waals surface area contributed by atoms with E-state index in [4.69, 9.17) is 15.6 Å². The van der Waals surface area contributed by atoms with Gasteiger partial charge in [0, 0.05) is 26.6 Å². The molecule has 3 N–H and O–H groups in total. The third-order valence-corrected chi connectivity index (χ3v) is 4.49. The number of benzene rings is 1. The molecule has 23 heavy (non-hydrogen) atoms. The number of nitrogens with zero attached hydrogens (tertiary/aromatic N) is 1. The summed E-state index contributed by atoms with van der Waals surface area (Å²) in [6.45, 7) is 2.45. The van der Waals surface area contributed by atoms with Crippen molar-refractivity contribution in [2.75, 3.05) is 20.2 Å². The number of carboxylic acids is 1. The monoisotopic (exact) mass is 320 g/mol. The van der Waals surface area contributed by atoms with E-state index in [1.807, 2.05) is 12.1 Å². The maximum absolute atomic E-state index is 11.1. The number of primary amides is 1. The zero-order chi connectivity index (χ0) is 16.9. The van der Waals surface area contributed by atoms with Crippen LogP contribution in [0.5, 0.6) is 0 Å². The Morgan fingerprint density at radius 2 is 2.04 bits per heavy atom. The summed E-state index contributed by atoms with van der Waals surface area (Å²) < 4.78 is 5.72. The molecule has 0 aliphatic carbocycles. The first-order valence-corrected chi connectivity index (χ1v) is 7.82. The molecule has 0 bridgehead atoms. The van der Waals surface area contributed by atoms with Gasteiger partial charge in [0.25, 0.3) is 0 Å². The Labute approximate surface area is 136 Å². The predicted molar refractivity (Wildman–Crippen MR) is 86.1 cm³/mol. The summed E-state index contributed by atoms with van der Waals surface area (Å²) in [4.78, 5) is 24.2. The number of rotatable bonds is 7.